The van der Waals surface area contributed by atoms with Gasteiger partial charge >= 0.3 is 0 Å². The minimum atomic E-state index is -1.23. The SMILES string of the molecule is OC1CNC(C(O)CF)C1O. The van der Waals surface area contributed by atoms with Gasteiger partial charge in [-0.3, -0.25) is 0 Å². The lowest BCUT2D eigenvalue weighted by molar-refractivity contribution is 0.000533. The molecule has 0 aromatic carbocycles. The number of aliphatic hydroxyl groups excluding tert-OH is 3. The summed E-state index contributed by atoms with van der Waals surface area (Å²) in [4.78, 5) is 0. The van der Waals surface area contributed by atoms with Gasteiger partial charge in [-0.1, -0.05) is 0 Å². The van der Waals surface area contributed by atoms with E-state index in [1.54, 1.807) is 0 Å². The number of β-amino-alcohol motifs (C(OH)–C–C–N with tert-alkyl or cyclic N) is 1. The normalized spacial score (nSPS) is 40.9. The number of halogens is 1. The first kappa shape index (κ1) is 8.86. The van der Waals surface area contributed by atoms with Crippen molar-refractivity contribution >= 4 is 0 Å². The van der Waals surface area contributed by atoms with Gasteiger partial charge in [-0.25, -0.2) is 4.39 Å². The molecule has 0 aliphatic carbocycles. The van der Waals surface area contributed by atoms with E-state index >= 15 is 0 Å². The summed E-state index contributed by atoms with van der Waals surface area (Å²) >= 11 is 0. The maximum absolute atomic E-state index is 11.9. The van der Waals surface area contributed by atoms with Crippen molar-refractivity contribution in [2.45, 2.75) is 24.4 Å². The summed E-state index contributed by atoms with van der Waals surface area (Å²) in [6.45, 7) is -0.718. The predicted octanol–water partition coefficient (Wildman–Crippen LogP) is -1.99. The van der Waals surface area contributed by atoms with Crippen molar-refractivity contribution in [2.24, 2.45) is 0 Å². The van der Waals surface area contributed by atoms with Crippen LogP contribution in [-0.2, 0) is 0 Å². The van der Waals surface area contributed by atoms with Crippen LogP contribution in [0.3, 0.4) is 0 Å². The standard InChI is InChI=1S/C6H12FNO3/c7-1-3(9)5-6(11)4(10)2-8-5/h3-6,8-11H,1-2H2. The largest absolute Gasteiger partial charge is 0.389 e. The lowest BCUT2D eigenvalue weighted by atomic mass is 10.1. The summed E-state index contributed by atoms with van der Waals surface area (Å²) in [5.41, 5.74) is 0. The maximum Gasteiger partial charge on any atom is 0.117 e. The molecule has 4 nitrogen and oxygen atoms in total. The second-order valence-electron chi connectivity index (χ2n) is 2.71. The molecule has 4 unspecified atom stereocenters. The molecule has 1 heterocycles. The molecular formula is C6H12FNO3. The third kappa shape index (κ3) is 1.67. The molecule has 4 N–H and O–H groups in total. The highest BCUT2D eigenvalue weighted by molar-refractivity contribution is 4.94. The van der Waals surface area contributed by atoms with Gasteiger partial charge < -0.3 is 20.6 Å². The number of rotatable bonds is 2. The Morgan fingerprint density at radius 3 is 2.55 bits per heavy atom. The fraction of sp³-hybridized carbons (Fsp3) is 1.00. The molecule has 1 saturated heterocycles. The Balaban J connectivity index is 2.47. The van der Waals surface area contributed by atoms with Crippen molar-refractivity contribution in [3.63, 3.8) is 0 Å². The van der Waals surface area contributed by atoms with Crippen molar-refractivity contribution < 1.29 is 19.7 Å². The van der Waals surface area contributed by atoms with E-state index in [0.717, 1.165) is 0 Å². The molecule has 1 fully saturated rings. The van der Waals surface area contributed by atoms with Crippen molar-refractivity contribution in [1.82, 2.24) is 5.32 Å². The summed E-state index contributed by atoms with van der Waals surface area (Å²) in [5, 5.41) is 29.6. The number of hydrogen-bond acceptors (Lipinski definition) is 4. The van der Waals surface area contributed by atoms with Crippen molar-refractivity contribution in [3.05, 3.63) is 0 Å². The van der Waals surface area contributed by atoms with Crippen LogP contribution in [0.1, 0.15) is 0 Å². The van der Waals surface area contributed by atoms with Crippen molar-refractivity contribution in [2.75, 3.05) is 13.2 Å². The molecule has 0 saturated carbocycles. The summed E-state index contributed by atoms with van der Waals surface area (Å²) in [5.74, 6) is 0. The molecule has 0 bridgehead atoms. The van der Waals surface area contributed by atoms with Crippen molar-refractivity contribution in [1.29, 1.82) is 0 Å². The first-order valence-corrected chi connectivity index (χ1v) is 3.50. The van der Waals surface area contributed by atoms with E-state index in [4.69, 9.17) is 15.3 Å². The Kier molecular flexibility index (Phi) is 2.78. The molecule has 11 heavy (non-hydrogen) atoms. The van der Waals surface area contributed by atoms with Crippen LogP contribution in [0.15, 0.2) is 0 Å². The van der Waals surface area contributed by atoms with Gasteiger partial charge in [-0.15, -0.1) is 0 Å². The van der Waals surface area contributed by atoms with Crippen molar-refractivity contribution in [3.8, 4) is 0 Å². The van der Waals surface area contributed by atoms with E-state index < -0.39 is 31.0 Å². The van der Waals surface area contributed by atoms with Crippen LogP contribution in [0, 0.1) is 0 Å². The fourth-order valence-corrected chi connectivity index (χ4v) is 1.20. The second kappa shape index (κ2) is 3.44. The highest BCUT2D eigenvalue weighted by atomic mass is 19.1. The van der Waals surface area contributed by atoms with Crippen LogP contribution < -0.4 is 5.32 Å². The molecular weight excluding hydrogens is 153 g/mol. The molecule has 4 atom stereocenters. The second-order valence-corrected chi connectivity index (χ2v) is 2.71. The van der Waals surface area contributed by atoms with E-state index in [-0.39, 0.29) is 6.54 Å². The maximum atomic E-state index is 11.9. The van der Waals surface area contributed by atoms with Gasteiger partial charge in [-0.05, 0) is 0 Å². The number of nitrogens with one attached hydrogen (secondary N) is 1. The van der Waals surface area contributed by atoms with E-state index in [9.17, 15) is 4.39 Å². The van der Waals surface area contributed by atoms with Gasteiger partial charge in [0.15, 0.2) is 0 Å². The molecule has 5 heteroatoms. The minimum absolute atomic E-state index is 0.197. The summed E-state index contributed by atoms with van der Waals surface area (Å²) in [6.07, 6.45) is -3.20. The molecule has 0 amide bonds. The number of alkyl halides is 1. The van der Waals surface area contributed by atoms with Gasteiger partial charge in [0.1, 0.15) is 12.8 Å². The zero-order chi connectivity index (χ0) is 8.43. The van der Waals surface area contributed by atoms with Crippen LogP contribution in [0.2, 0.25) is 0 Å². The zero-order valence-electron chi connectivity index (χ0n) is 5.94. The summed E-state index contributed by atoms with van der Waals surface area (Å²) < 4.78 is 11.9. The average Bonchev–Trinajstić information content (AvgIpc) is 2.32. The molecule has 0 radical (unpaired) electrons. The molecule has 1 rings (SSSR count). The zero-order valence-corrected chi connectivity index (χ0v) is 5.94. The Morgan fingerprint density at radius 1 is 1.55 bits per heavy atom. The highest BCUT2D eigenvalue weighted by Crippen LogP contribution is 2.11. The third-order valence-corrected chi connectivity index (χ3v) is 1.90. The Bertz CT molecular complexity index is 135. The van der Waals surface area contributed by atoms with Crippen LogP contribution in [0.5, 0.6) is 0 Å². The smallest absolute Gasteiger partial charge is 0.117 e. The van der Waals surface area contributed by atoms with E-state index in [1.165, 1.54) is 0 Å². The molecule has 0 aromatic rings. The van der Waals surface area contributed by atoms with Gasteiger partial charge in [-0.2, -0.15) is 0 Å². The fourth-order valence-electron chi connectivity index (χ4n) is 1.20. The summed E-state index contributed by atoms with van der Waals surface area (Å²) in [6, 6.07) is -0.741. The van der Waals surface area contributed by atoms with E-state index in [1.807, 2.05) is 0 Å². The molecule has 1 aliphatic rings. The van der Waals surface area contributed by atoms with E-state index in [2.05, 4.69) is 5.32 Å². The van der Waals surface area contributed by atoms with Crippen LogP contribution in [0.25, 0.3) is 0 Å². The lowest BCUT2D eigenvalue weighted by Crippen LogP contribution is -2.44. The lowest BCUT2D eigenvalue weighted by Gasteiger charge is -2.19. The Hall–Kier alpha value is -0.230. The third-order valence-electron chi connectivity index (χ3n) is 1.90. The molecule has 0 aromatic heterocycles. The van der Waals surface area contributed by atoms with Crippen LogP contribution in [-0.4, -0.2) is 52.9 Å². The molecule has 1 aliphatic heterocycles. The average molecular weight is 165 g/mol. The topological polar surface area (TPSA) is 72.7 Å². The van der Waals surface area contributed by atoms with Crippen LogP contribution >= 0.6 is 0 Å². The van der Waals surface area contributed by atoms with Gasteiger partial charge in [0, 0.05) is 6.54 Å². The Morgan fingerprint density at radius 2 is 2.18 bits per heavy atom. The van der Waals surface area contributed by atoms with Gasteiger partial charge in [0.2, 0.25) is 0 Å². The summed E-state index contributed by atoms with van der Waals surface area (Å²) in [7, 11) is 0. The molecule has 66 valence electrons. The monoisotopic (exact) mass is 165 g/mol. The first-order valence-electron chi connectivity index (χ1n) is 3.50. The quantitative estimate of drug-likeness (QED) is 0.382. The van der Waals surface area contributed by atoms with Crippen LogP contribution in [0.4, 0.5) is 4.39 Å². The molecule has 0 spiro atoms. The first-order chi connectivity index (χ1) is 5.16. The Labute approximate surface area is 63.7 Å². The predicted molar refractivity (Wildman–Crippen MR) is 35.8 cm³/mol. The van der Waals surface area contributed by atoms with Gasteiger partial charge in [0.05, 0.1) is 18.2 Å². The number of aliphatic hydroxyl groups is 3. The minimum Gasteiger partial charge on any atom is -0.389 e. The number of hydrogen-bond donors (Lipinski definition) is 4. The highest BCUT2D eigenvalue weighted by Gasteiger charge is 2.37. The van der Waals surface area contributed by atoms with Gasteiger partial charge in [0.25, 0.3) is 0 Å². The van der Waals surface area contributed by atoms with E-state index in [0.29, 0.717) is 0 Å².